The molecular formula is C19H22ClNO4. The van der Waals surface area contributed by atoms with Gasteiger partial charge in [0, 0.05) is 23.2 Å². The van der Waals surface area contributed by atoms with Crippen molar-refractivity contribution in [2.24, 2.45) is 0 Å². The van der Waals surface area contributed by atoms with Gasteiger partial charge in [-0.25, -0.2) is 0 Å². The van der Waals surface area contributed by atoms with Gasteiger partial charge in [-0.3, -0.25) is 4.79 Å². The number of methoxy groups -OCH3 is 2. The predicted octanol–water partition coefficient (Wildman–Crippen LogP) is 4.08. The molecular weight excluding hydrogens is 342 g/mol. The first-order valence-electron chi connectivity index (χ1n) is 8.00. The number of rotatable bonds is 8. The van der Waals surface area contributed by atoms with E-state index in [4.69, 9.17) is 25.8 Å². The molecule has 0 aliphatic carbocycles. The number of carbonyl (C=O) groups excluding carboxylic acids is 1. The van der Waals surface area contributed by atoms with Crippen LogP contribution in [0, 0.1) is 0 Å². The fourth-order valence-corrected chi connectivity index (χ4v) is 2.48. The van der Waals surface area contributed by atoms with E-state index in [1.54, 1.807) is 44.6 Å². The molecule has 2 aromatic rings. The fourth-order valence-electron chi connectivity index (χ4n) is 2.26. The molecule has 25 heavy (non-hydrogen) atoms. The van der Waals surface area contributed by atoms with Gasteiger partial charge in [-0.05, 0) is 36.2 Å². The lowest BCUT2D eigenvalue weighted by molar-refractivity contribution is 0.0950. The van der Waals surface area contributed by atoms with Gasteiger partial charge in [0.1, 0.15) is 5.75 Å². The highest BCUT2D eigenvalue weighted by molar-refractivity contribution is 6.31. The van der Waals surface area contributed by atoms with Gasteiger partial charge in [0.2, 0.25) is 0 Å². The van der Waals surface area contributed by atoms with Crippen molar-refractivity contribution in [2.75, 3.05) is 20.8 Å². The molecule has 0 spiro atoms. The molecule has 0 radical (unpaired) electrons. The lowest BCUT2D eigenvalue weighted by Crippen LogP contribution is -2.23. The monoisotopic (exact) mass is 363 g/mol. The Kier molecular flexibility index (Phi) is 6.95. The summed E-state index contributed by atoms with van der Waals surface area (Å²) in [5.74, 6) is 1.58. The molecule has 6 heteroatoms. The van der Waals surface area contributed by atoms with E-state index in [9.17, 15) is 4.79 Å². The maximum absolute atomic E-state index is 12.4. The molecule has 0 fully saturated rings. The third-order valence-corrected chi connectivity index (χ3v) is 3.91. The first-order chi connectivity index (χ1) is 12.1. The fraction of sp³-hybridized carbons (Fsp3) is 0.316. The standard InChI is InChI=1S/C19H22ClNO4/c1-4-8-25-15-7-5-6-13(9-15)19(22)21-12-14-10-17(23-2)18(24-3)11-16(14)20/h5-7,9-11H,4,8,12H2,1-3H3,(H,21,22). The Morgan fingerprint density at radius 3 is 2.52 bits per heavy atom. The zero-order valence-corrected chi connectivity index (χ0v) is 15.4. The van der Waals surface area contributed by atoms with Crippen LogP contribution < -0.4 is 19.5 Å². The first kappa shape index (κ1) is 18.9. The van der Waals surface area contributed by atoms with Gasteiger partial charge in [-0.15, -0.1) is 0 Å². The summed E-state index contributed by atoms with van der Waals surface area (Å²) in [5.41, 5.74) is 1.27. The van der Waals surface area contributed by atoms with Crippen molar-refractivity contribution in [1.82, 2.24) is 5.32 Å². The second kappa shape index (κ2) is 9.18. The zero-order valence-electron chi connectivity index (χ0n) is 14.6. The van der Waals surface area contributed by atoms with Crippen molar-refractivity contribution in [3.63, 3.8) is 0 Å². The van der Waals surface area contributed by atoms with Crippen molar-refractivity contribution in [3.8, 4) is 17.2 Å². The molecule has 0 saturated carbocycles. The highest BCUT2D eigenvalue weighted by atomic mass is 35.5. The highest BCUT2D eigenvalue weighted by Gasteiger charge is 2.12. The minimum absolute atomic E-state index is 0.201. The summed E-state index contributed by atoms with van der Waals surface area (Å²) in [5, 5.41) is 3.35. The van der Waals surface area contributed by atoms with Crippen LogP contribution in [0.15, 0.2) is 36.4 Å². The maximum atomic E-state index is 12.4. The van der Waals surface area contributed by atoms with Gasteiger partial charge in [-0.1, -0.05) is 24.6 Å². The molecule has 5 nitrogen and oxygen atoms in total. The van der Waals surface area contributed by atoms with Gasteiger partial charge in [0.15, 0.2) is 11.5 Å². The lowest BCUT2D eigenvalue weighted by atomic mass is 10.1. The van der Waals surface area contributed by atoms with Crippen LogP contribution in [0.2, 0.25) is 5.02 Å². The van der Waals surface area contributed by atoms with Crippen LogP contribution in [0.25, 0.3) is 0 Å². The number of carbonyl (C=O) groups is 1. The second-order valence-corrected chi connectivity index (χ2v) is 5.76. The topological polar surface area (TPSA) is 56.8 Å². The van der Waals surface area contributed by atoms with Crippen molar-refractivity contribution in [3.05, 3.63) is 52.5 Å². The van der Waals surface area contributed by atoms with E-state index in [-0.39, 0.29) is 12.5 Å². The van der Waals surface area contributed by atoms with Crippen LogP contribution in [0.5, 0.6) is 17.2 Å². The summed E-state index contributed by atoms with van der Waals surface area (Å²) < 4.78 is 16.0. The Bertz CT molecular complexity index is 733. The summed E-state index contributed by atoms with van der Waals surface area (Å²) in [6.45, 7) is 2.92. The van der Waals surface area contributed by atoms with Crippen molar-refractivity contribution < 1.29 is 19.0 Å². The Labute approximate surface area is 152 Å². The van der Waals surface area contributed by atoms with Crippen LogP contribution in [-0.2, 0) is 6.54 Å². The lowest BCUT2D eigenvalue weighted by Gasteiger charge is -2.13. The summed E-state index contributed by atoms with van der Waals surface area (Å²) in [4.78, 5) is 12.4. The molecule has 2 rings (SSSR count). The predicted molar refractivity (Wildman–Crippen MR) is 98.0 cm³/mol. The molecule has 0 aromatic heterocycles. The molecule has 1 amide bonds. The number of ether oxygens (including phenoxy) is 3. The third kappa shape index (κ3) is 5.03. The highest BCUT2D eigenvalue weighted by Crippen LogP contribution is 2.33. The largest absolute Gasteiger partial charge is 0.494 e. The Balaban J connectivity index is 2.07. The number of hydrogen-bond acceptors (Lipinski definition) is 4. The quantitative estimate of drug-likeness (QED) is 0.767. The van der Waals surface area contributed by atoms with Gasteiger partial charge in [0.05, 0.1) is 20.8 Å². The van der Waals surface area contributed by atoms with Crippen LogP contribution in [0.1, 0.15) is 29.3 Å². The third-order valence-electron chi connectivity index (χ3n) is 3.56. The van der Waals surface area contributed by atoms with Crippen LogP contribution in [0.4, 0.5) is 0 Å². The summed E-state index contributed by atoms with van der Waals surface area (Å²) in [6, 6.07) is 10.5. The van der Waals surface area contributed by atoms with Crippen LogP contribution >= 0.6 is 11.6 Å². The Morgan fingerprint density at radius 2 is 1.84 bits per heavy atom. The molecule has 0 heterocycles. The van der Waals surface area contributed by atoms with Crippen molar-refractivity contribution >= 4 is 17.5 Å². The van der Waals surface area contributed by atoms with E-state index in [1.807, 2.05) is 13.0 Å². The average Bonchev–Trinajstić information content (AvgIpc) is 2.64. The number of hydrogen-bond donors (Lipinski definition) is 1. The molecule has 0 unspecified atom stereocenters. The molecule has 2 aromatic carbocycles. The molecule has 134 valence electrons. The van der Waals surface area contributed by atoms with Gasteiger partial charge in [-0.2, -0.15) is 0 Å². The second-order valence-electron chi connectivity index (χ2n) is 5.36. The SMILES string of the molecule is CCCOc1cccc(C(=O)NCc2cc(OC)c(OC)cc2Cl)c1. The maximum Gasteiger partial charge on any atom is 0.251 e. The molecule has 0 bridgehead atoms. The molecule has 0 saturated heterocycles. The van der Waals surface area contributed by atoms with Gasteiger partial charge in [0.25, 0.3) is 5.91 Å². The first-order valence-corrected chi connectivity index (χ1v) is 8.38. The Morgan fingerprint density at radius 1 is 1.12 bits per heavy atom. The zero-order chi connectivity index (χ0) is 18.2. The molecule has 0 aliphatic rings. The smallest absolute Gasteiger partial charge is 0.251 e. The van der Waals surface area contributed by atoms with Crippen molar-refractivity contribution in [1.29, 1.82) is 0 Å². The Hall–Kier alpha value is -2.40. The molecule has 1 N–H and O–H groups in total. The van der Waals surface area contributed by atoms with E-state index in [1.165, 1.54) is 0 Å². The molecule has 0 atom stereocenters. The summed E-state index contributed by atoms with van der Waals surface area (Å²) >= 11 is 6.24. The van der Waals surface area contributed by atoms with Gasteiger partial charge < -0.3 is 19.5 Å². The normalized spacial score (nSPS) is 10.2. The van der Waals surface area contributed by atoms with E-state index < -0.39 is 0 Å². The van der Waals surface area contributed by atoms with E-state index >= 15 is 0 Å². The minimum Gasteiger partial charge on any atom is -0.494 e. The minimum atomic E-state index is -0.201. The van der Waals surface area contributed by atoms with Crippen molar-refractivity contribution in [2.45, 2.75) is 19.9 Å². The van der Waals surface area contributed by atoms with Crippen LogP contribution in [0.3, 0.4) is 0 Å². The number of nitrogens with one attached hydrogen (secondary N) is 1. The number of amides is 1. The molecule has 0 aliphatic heterocycles. The summed E-state index contributed by atoms with van der Waals surface area (Å²) in [7, 11) is 3.10. The summed E-state index contributed by atoms with van der Waals surface area (Å²) in [6.07, 6.45) is 0.911. The van der Waals surface area contributed by atoms with Gasteiger partial charge >= 0.3 is 0 Å². The number of halogens is 1. The number of benzene rings is 2. The van der Waals surface area contributed by atoms with E-state index in [2.05, 4.69) is 5.32 Å². The van der Waals surface area contributed by atoms with E-state index in [0.29, 0.717) is 34.4 Å². The van der Waals surface area contributed by atoms with Crippen LogP contribution in [-0.4, -0.2) is 26.7 Å². The average molecular weight is 364 g/mol. The van der Waals surface area contributed by atoms with E-state index in [0.717, 1.165) is 12.0 Å².